The zero-order valence-electron chi connectivity index (χ0n) is 26.9. The molecule has 9 nitrogen and oxygen atoms in total. The van der Waals surface area contributed by atoms with Crippen molar-refractivity contribution < 1.29 is 14.3 Å². The molecule has 0 aliphatic carbocycles. The van der Waals surface area contributed by atoms with Crippen molar-refractivity contribution >= 4 is 34.3 Å². The van der Waals surface area contributed by atoms with Crippen molar-refractivity contribution in [1.29, 1.82) is 0 Å². The highest BCUT2D eigenvalue weighted by atomic mass is 16.6. The van der Waals surface area contributed by atoms with Crippen LogP contribution < -0.4 is 5.32 Å². The molecule has 9 heteroatoms. The maximum atomic E-state index is 12.4. The summed E-state index contributed by atoms with van der Waals surface area (Å²) in [5, 5.41) is 3.78. The average molecular weight is 595 g/mol. The number of carbonyl (C=O) groups is 2. The molecule has 1 unspecified atom stereocenters. The fourth-order valence-corrected chi connectivity index (χ4v) is 5.80. The van der Waals surface area contributed by atoms with Crippen molar-refractivity contribution in [3.63, 3.8) is 0 Å². The Balaban J connectivity index is 1.33. The van der Waals surface area contributed by atoms with Gasteiger partial charge in [0, 0.05) is 68.7 Å². The Morgan fingerprint density at radius 3 is 2.43 bits per heavy atom. The van der Waals surface area contributed by atoms with Crippen LogP contribution >= 0.6 is 0 Å². The van der Waals surface area contributed by atoms with Gasteiger partial charge in [0.1, 0.15) is 11.2 Å². The largest absolute Gasteiger partial charge is 0.444 e. The molecule has 0 saturated heterocycles. The summed E-state index contributed by atoms with van der Waals surface area (Å²) in [6.45, 7) is 11.6. The molecule has 1 aromatic carbocycles. The number of aromatic nitrogens is 3. The summed E-state index contributed by atoms with van der Waals surface area (Å²) in [5.74, 6) is 0.0212. The van der Waals surface area contributed by atoms with E-state index in [9.17, 15) is 9.59 Å². The van der Waals surface area contributed by atoms with Crippen molar-refractivity contribution in [2.75, 3.05) is 32.5 Å². The Morgan fingerprint density at radius 1 is 1.05 bits per heavy atom. The zero-order chi connectivity index (χ0) is 31.8. The smallest absolute Gasteiger partial charge is 0.412 e. The van der Waals surface area contributed by atoms with Gasteiger partial charge in [-0.15, -0.1) is 0 Å². The van der Waals surface area contributed by atoms with Crippen LogP contribution in [0.2, 0.25) is 0 Å². The summed E-state index contributed by atoms with van der Waals surface area (Å²) < 4.78 is 7.52. The monoisotopic (exact) mass is 594 g/mol. The number of hydrogen-bond donors (Lipinski definition) is 1. The summed E-state index contributed by atoms with van der Waals surface area (Å²) in [5.41, 5.74) is 8.25. The molecule has 5 rings (SSSR count). The molecular weight excluding hydrogens is 552 g/mol. The minimum atomic E-state index is -0.575. The number of rotatable bonds is 6. The highest BCUT2D eigenvalue weighted by Crippen LogP contribution is 2.34. The molecule has 4 heterocycles. The molecule has 230 valence electrons. The number of pyridine rings is 2. The van der Waals surface area contributed by atoms with E-state index in [4.69, 9.17) is 9.72 Å². The van der Waals surface area contributed by atoms with Crippen LogP contribution in [-0.2, 0) is 11.8 Å². The molecule has 0 radical (unpaired) electrons. The second-order valence-corrected chi connectivity index (χ2v) is 12.7. The van der Waals surface area contributed by atoms with Crippen molar-refractivity contribution in [1.82, 2.24) is 24.3 Å². The highest BCUT2D eigenvalue weighted by molar-refractivity contribution is 5.95. The van der Waals surface area contributed by atoms with Gasteiger partial charge in [-0.25, -0.2) is 9.78 Å². The van der Waals surface area contributed by atoms with Crippen LogP contribution in [0.5, 0.6) is 0 Å². The van der Waals surface area contributed by atoms with Crippen molar-refractivity contribution in [3.8, 4) is 11.3 Å². The maximum Gasteiger partial charge on any atom is 0.412 e. The minimum Gasteiger partial charge on any atom is -0.444 e. The van der Waals surface area contributed by atoms with Gasteiger partial charge in [-0.05, 0) is 94.1 Å². The molecule has 3 aromatic heterocycles. The van der Waals surface area contributed by atoms with Gasteiger partial charge in [0.25, 0.3) is 5.91 Å². The number of aryl methyl sites for hydroxylation is 2. The van der Waals surface area contributed by atoms with Crippen molar-refractivity contribution in [2.24, 2.45) is 7.05 Å². The van der Waals surface area contributed by atoms with Crippen LogP contribution in [0.3, 0.4) is 0 Å². The third kappa shape index (κ3) is 6.53. The molecule has 1 N–H and O–H groups in total. The molecule has 44 heavy (non-hydrogen) atoms. The number of fused-ring (bicyclic) bond motifs is 1. The quantitative estimate of drug-likeness (QED) is 0.263. The lowest BCUT2D eigenvalue weighted by atomic mass is 9.93. The first kappa shape index (κ1) is 30.9. The summed E-state index contributed by atoms with van der Waals surface area (Å²) >= 11 is 0. The van der Waals surface area contributed by atoms with Crippen LogP contribution in [0.25, 0.3) is 27.9 Å². The van der Waals surface area contributed by atoms with Gasteiger partial charge >= 0.3 is 6.09 Å². The molecule has 0 saturated carbocycles. The summed E-state index contributed by atoms with van der Waals surface area (Å²) in [6, 6.07) is 14.1. The van der Waals surface area contributed by atoms with E-state index in [-0.39, 0.29) is 11.9 Å². The average Bonchev–Trinajstić information content (AvgIpc) is 3.32. The van der Waals surface area contributed by atoms with E-state index in [0.29, 0.717) is 5.69 Å². The lowest BCUT2D eigenvalue weighted by Crippen LogP contribution is -2.32. The zero-order valence-corrected chi connectivity index (χ0v) is 26.9. The van der Waals surface area contributed by atoms with Gasteiger partial charge in [-0.1, -0.05) is 12.1 Å². The predicted octanol–water partition coefficient (Wildman–Crippen LogP) is 6.84. The van der Waals surface area contributed by atoms with Gasteiger partial charge in [0.05, 0.1) is 17.6 Å². The Labute approximate surface area is 259 Å². The molecule has 1 aliphatic heterocycles. The Bertz CT molecular complexity index is 1730. The number of amides is 2. The van der Waals surface area contributed by atoms with E-state index >= 15 is 0 Å². The van der Waals surface area contributed by atoms with Gasteiger partial charge in [0.15, 0.2) is 0 Å². The van der Waals surface area contributed by atoms with E-state index in [1.54, 1.807) is 25.2 Å². The fourth-order valence-electron chi connectivity index (χ4n) is 5.80. The number of benzene rings is 1. The van der Waals surface area contributed by atoms with E-state index in [1.807, 2.05) is 57.3 Å². The van der Waals surface area contributed by atoms with Crippen molar-refractivity contribution in [3.05, 3.63) is 83.3 Å². The van der Waals surface area contributed by atoms with Gasteiger partial charge in [-0.2, -0.15) is 0 Å². The number of hydrogen-bond acceptors (Lipinski definition) is 6. The normalized spacial score (nSPS) is 14.7. The van der Waals surface area contributed by atoms with E-state index in [0.717, 1.165) is 52.9 Å². The van der Waals surface area contributed by atoms with Gasteiger partial charge in [-0.3, -0.25) is 20.0 Å². The molecule has 1 aliphatic rings. The molecule has 0 fully saturated rings. The fraction of sp³-hybridized carbons (Fsp3) is 0.371. The topological polar surface area (TPSA) is 92.6 Å². The van der Waals surface area contributed by atoms with Crippen molar-refractivity contribution in [2.45, 2.75) is 52.7 Å². The van der Waals surface area contributed by atoms with Gasteiger partial charge in [0.2, 0.25) is 0 Å². The van der Waals surface area contributed by atoms with E-state index < -0.39 is 11.7 Å². The summed E-state index contributed by atoms with van der Waals surface area (Å²) in [6.07, 6.45) is 6.21. The van der Waals surface area contributed by atoms with E-state index in [1.165, 1.54) is 16.8 Å². The Kier molecular flexibility index (Phi) is 8.61. The van der Waals surface area contributed by atoms with Crippen LogP contribution in [0, 0.1) is 6.92 Å². The first-order valence-electron chi connectivity index (χ1n) is 15.0. The Hall–Kier alpha value is -4.50. The highest BCUT2D eigenvalue weighted by Gasteiger charge is 2.24. The molecule has 2 amide bonds. The second-order valence-electron chi connectivity index (χ2n) is 12.7. The Morgan fingerprint density at radius 2 is 1.82 bits per heavy atom. The third-order valence-electron chi connectivity index (χ3n) is 8.09. The summed E-state index contributed by atoms with van der Waals surface area (Å²) in [7, 11) is 5.62. The number of nitrogens with one attached hydrogen (secondary N) is 1. The van der Waals surface area contributed by atoms with Crippen LogP contribution in [-0.4, -0.2) is 69.1 Å². The summed E-state index contributed by atoms with van der Waals surface area (Å²) in [4.78, 5) is 38.0. The molecule has 4 aromatic rings. The number of ether oxygens (including phenoxy) is 1. The molecule has 0 bridgehead atoms. The van der Waals surface area contributed by atoms with E-state index in [2.05, 4.69) is 58.9 Å². The maximum absolute atomic E-state index is 12.4. The lowest BCUT2D eigenvalue weighted by Gasteiger charge is -2.32. The van der Waals surface area contributed by atoms with Crippen LogP contribution in [0.4, 0.5) is 10.5 Å². The second kappa shape index (κ2) is 12.2. The first-order valence-corrected chi connectivity index (χ1v) is 15.0. The third-order valence-corrected chi connectivity index (χ3v) is 8.09. The predicted molar refractivity (Wildman–Crippen MR) is 176 cm³/mol. The number of nitrogens with zero attached hydrogens (tertiary/aromatic N) is 5. The van der Waals surface area contributed by atoms with Gasteiger partial charge < -0.3 is 14.2 Å². The molecular formula is C35H42N6O3. The number of carbonyl (C=O) groups excluding carboxylic acids is 2. The molecule has 0 spiro atoms. The SMILES string of the molecule is Cc1cc(C(=O)N(C)C)ccc1C1=CCN(C(C)c2cc3c(-c4ccc(NC(=O)OC(C)(C)C)cn4)ccnc3n2C)CC1. The van der Waals surface area contributed by atoms with Crippen LogP contribution in [0.1, 0.15) is 67.3 Å². The standard InChI is InChI=1S/C35H42N6O3/c1-22-19-25(33(42)39(6)7)9-11-27(22)24-14-17-41(18-15-24)23(2)31-20-29-28(13-16-36-32(29)40(31)8)30-12-10-26(21-37-30)38-34(43)44-35(3,4)5/h9-14,16,19-21,23H,15,17-18H2,1-8H3,(H,38,43). The minimum absolute atomic E-state index is 0.0212. The first-order chi connectivity index (χ1) is 20.8. The molecule has 1 atom stereocenters. The van der Waals surface area contributed by atoms with Crippen LogP contribution in [0.15, 0.2) is 60.9 Å². The number of anilines is 1. The lowest BCUT2D eigenvalue weighted by molar-refractivity contribution is 0.0635.